The Labute approximate surface area is 159 Å². The van der Waals surface area contributed by atoms with Gasteiger partial charge in [0.15, 0.2) is 0 Å². The van der Waals surface area contributed by atoms with Crippen molar-refractivity contribution in [1.29, 1.82) is 0 Å². The zero-order chi connectivity index (χ0) is 18.3. The van der Waals surface area contributed by atoms with Crippen molar-refractivity contribution in [2.24, 2.45) is 0 Å². The molecular weight excluding hydrogens is 328 g/mol. The molecule has 0 aliphatic heterocycles. The highest BCUT2D eigenvalue weighted by Crippen LogP contribution is 2.23. The maximum atomic E-state index is 4.53. The predicted molar refractivity (Wildman–Crippen MR) is 114 cm³/mol. The van der Waals surface area contributed by atoms with Crippen molar-refractivity contribution >= 4 is 11.0 Å². The first-order valence-corrected chi connectivity index (χ1v) is 9.28. The quantitative estimate of drug-likeness (QED) is 0.438. The van der Waals surface area contributed by atoms with Crippen LogP contribution in [-0.2, 0) is 0 Å². The minimum absolute atomic E-state index is 0.594. The van der Waals surface area contributed by atoms with Crippen LogP contribution in [-0.4, -0.2) is 9.97 Å². The molecule has 4 aromatic rings. The van der Waals surface area contributed by atoms with Gasteiger partial charge in [-0.15, -0.1) is 0 Å². The fraction of sp³-hybridized carbons (Fsp3) is 0.0800. The second-order valence-corrected chi connectivity index (χ2v) is 6.53. The molecule has 1 aliphatic rings. The average Bonchev–Trinajstić information content (AvgIpc) is 3.21. The van der Waals surface area contributed by atoms with Crippen molar-refractivity contribution in [3.05, 3.63) is 115 Å². The van der Waals surface area contributed by atoms with Gasteiger partial charge in [0.25, 0.3) is 0 Å². The van der Waals surface area contributed by atoms with Crippen LogP contribution in [0.2, 0.25) is 0 Å². The Bertz CT molecular complexity index is 1010. The number of fused-ring (bicyclic) bond motifs is 1. The first-order chi connectivity index (χ1) is 13.4. The molecule has 1 atom stereocenters. The minimum atomic E-state index is 0.594. The Morgan fingerprint density at radius 1 is 0.741 bits per heavy atom. The molecule has 1 aliphatic carbocycles. The van der Waals surface area contributed by atoms with Gasteiger partial charge in [-0.2, -0.15) is 0 Å². The number of imidazole rings is 1. The third kappa shape index (κ3) is 4.24. The van der Waals surface area contributed by atoms with Crippen LogP contribution in [0.25, 0.3) is 22.4 Å². The van der Waals surface area contributed by atoms with E-state index in [1.165, 1.54) is 5.56 Å². The van der Waals surface area contributed by atoms with Gasteiger partial charge >= 0.3 is 0 Å². The van der Waals surface area contributed by atoms with Crippen molar-refractivity contribution in [3.63, 3.8) is 0 Å². The summed E-state index contributed by atoms with van der Waals surface area (Å²) in [4.78, 5) is 7.83. The molecule has 0 fully saturated rings. The highest BCUT2D eigenvalue weighted by Gasteiger charge is 2.06. The molecule has 0 spiro atoms. The molecule has 27 heavy (non-hydrogen) atoms. The lowest BCUT2D eigenvalue weighted by molar-refractivity contribution is 0.854. The summed E-state index contributed by atoms with van der Waals surface area (Å²) in [5.41, 5.74) is 4.62. The summed E-state index contributed by atoms with van der Waals surface area (Å²) in [6.45, 7) is 0. The molecule has 1 heterocycles. The Hall–Kier alpha value is -3.39. The number of nitrogens with one attached hydrogen (secondary N) is 1. The summed E-state index contributed by atoms with van der Waals surface area (Å²) in [6, 6.07) is 28.8. The Morgan fingerprint density at radius 2 is 1.44 bits per heavy atom. The second-order valence-electron chi connectivity index (χ2n) is 6.53. The number of benzene rings is 3. The van der Waals surface area contributed by atoms with Crippen LogP contribution in [0, 0.1) is 0 Å². The normalized spacial score (nSPS) is 15.3. The van der Waals surface area contributed by atoms with Crippen LogP contribution in [0.5, 0.6) is 0 Å². The molecule has 0 saturated heterocycles. The fourth-order valence-electron chi connectivity index (χ4n) is 3.21. The van der Waals surface area contributed by atoms with E-state index >= 15 is 0 Å². The van der Waals surface area contributed by atoms with Crippen LogP contribution >= 0.6 is 0 Å². The van der Waals surface area contributed by atoms with Crippen LogP contribution < -0.4 is 0 Å². The topological polar surface area (TPSA) is 28.7 Å². The van der Waals surface area contributed by atoms with Gasteiger partial charge in [0.1, 0.15) is 5.82 Å². The van der Waals surface area contributed by atoms with Crippen LogP contribution in [0.3, 0.4) is 0 Å². The van der Waals surface area contributed by atoms with Gasteiger partial charge in [-0.1, -0.05) is 97.1 Å². The second kappa shape index (κ2) is 8.33. The van der Waals surface area contributed by atoms with Gasteiger partial charge in [-0.05, 0) is 24.1 Å². The Balaban J connectivity index is 0.000000137. The lowest BCUT2D eigenvalue weighted by Gasteiger charge is -2.12. The molecule has 0 bridgehead atoms. The first-order valence-electron chi connectivity index (χ1n) is 9.28. The molecule has 2 nitrogen and oxygen atoms in total. The highest BCUT2D eigenvalue weighted by atomic mass is 14.9. The lowest BCUT2D eigenvalue weighted by atomic mass is 9.93. The smallest absolute Gasteiger partial charge is 0.138 e. The number of aromatic amines is 1. The van der Waals surface area contributed by atoms with Crippen LogP contribution in [0.15, 0.2) is 109 Å². The van der Waals surface area contributed by atoms with Crippen LogP contribution in [0.4, 0.5) is 0 Å². The molecule has 5 rings (SSSR count). The van der Waals surface area contributed by atoms with E-state index in [1.807, 2.05) is 42.5 Å². The van der Waals surface area contributed by atoms with Gasteiger partial charge < -0.3 is 4.98 Å². The summed E-state index contributed by atoms with van der Waals surface area (Å²) < 4.78 is 0. The largest absolute Gasteiger partial charge is 0.338 e. The highest BCUT2D eigenvalue weighted by molar-refractivity contribution is 5.79. The summed E-state index contributed by atoms with van der Waals surface area (Å²) in [5.74, 6) is 1.52. The molecule has 2 heteroatoms. The fourth-order valence-corrected chi connectivity index (χ4v) is 3.21. The van der Waals surface area contributed by atoms with Crippen molar-refractivity contribution in [2.75, 3.05) is 0 Å². The number of hydrogen-bond donors (Lipinski definition) is 1. The molecule has 0 amide bonds. The van der Waals surface area contributed by atoms with E-state index in [4.69, 9.17) is 0 Å². The number of rotatable bonds is 2. The molecule has 3 aromatic carbocycles. The number of aromatic nitrogens is 2. The lowest BCUT2D eigenvalue weighted by Crippen LogP contribution is -1.94. The number of H-pyrrole nitrogens is 1. The molecule has 1 N–H and O–H groups in total. The molecule has 0 radical (unpaired) electrons. The van der Waals surface area contributed by atoms with E-state index in [0.717, 1.165) is 28.8 Å². The Morgan fingerprint density at radius 3 is 2.15 bits per heavy atom. The van der Waals surface area contributed by atoms with Gasteiger partial charge in [0.2, 0.25) is 0 Å². The molecule has 1 unspecified atom stereocenters. The Kier molecular flexibility index (Phi) is 5.26. The van der Waals surface area contributed by atoms with Gasteiger partial charge in [0.05, 0.1) is 11.0 Å². The van der Waals surface area contributed by atoms with E-state index in [0.29, 0.717) is 5.92 Å². The summed E-state index contributed by atoms with van der Waals surface area (Å²) >= 11 is 0. The number of allylic oxidation sites excluding steroid dienone is 4. The van der Waals surface area contributed by atoms with Gasteiger partial charge in [-0.3, -0.25) is 0 Å². The first kappa shape index (κ1) is 17.0. The number of para-hydroxylation sites is 2. The van der Waals surface area contributed by atoms with Crippen molar-refractivity contribution < 1.29 is 0 Å². The summed E-state index contributed by atoms with van der Waals surface area (Å²) in [6.07, 6.45) is 9.86. The average molecular weight is 350 g/mol. The van der Waals surface area contributed by atoms with Gasteiger partial charge in [-0.25, -0.2) is 4.98 Å². The number of hydrogen-bond acceptors (Lipinski definition) is 1. The van der Waals surface area contributed by atoms with Crippen LogP contribution in [0.1, 0.15) is 17.9 Å². The summed E-state index contributed by atoms with van der Waals surface area (Å²) in [5, 5.41) is 0. The zero-order valence-corrected chi connectivity index (χ0v) is 15.1. The van der Waals surface area contributed by atoms with E-state index < -0.39 is 0 Å². The van der Waals surface area contributed by atoms with E-state index in [-0.39, 0.29) is 0 Å². The van der Waals surface area contributed by atoms with Crippen molar-refractivity contribution in [1.82, 2.24) is 9.97 Å². The molecular formula is C25H22N2. The maximum absolute atomic E-state index is 4.53. The molecule has 1 aromatic heterocycles. The minimum Gasteiger partial charge on any atom is -0.338 e. The SMILES string of the molecule is C1=CCC(c2ccccc2)C=C1.c1ccc(-c2nc3ccccc3[nH]2)cc1. The third-order valence-electron chi connectivity index (χ3n) is 4.64. The zero-order valence-electron chi connectivity index (χ0n) is 15.1. The van der Waals surface area contributed by atoms with E-state index in [2.05, 4.69) is 76.7 Å². The van der Waals surface area contributed by atoms with Gasteiger partial charge in [0, 0.05) is 11.5 Å². The van der Waals surface area contributed by atoms with Crippen molar-refractivity contribution in [3.8, 4) is 11.4 Å². The predicted octanol–water partition coefficient (Wildman–Crippen LogP) is 6.52. The van der Waals surface area contributed by atoms with E-state index in [1.54, 1.807) is 0 Å². The number of nitrogens with zero attached hydrogens (tertiary/aromatic N) is 1. The monoisotopic (exact) mass is 350 g/mol. The molecule has 0 saturated carbocycles. The third-order valence-corrected chi connectivity index (χ3v) is 4.64. The van der Waals surface area contributed by atoms with Crippen molar-refractivity contribution in [2.45, 2.75) is 12.3 Å². The maximum Gasteiger partial charge on any atom is 0.138 e. The standard InChI is InChI=1S/C13H10N2.C12H12/c1-2-6-10(7-3-1)13-14-11-8-4-5-9-12(11)15-13;1-3-7-11(8-4-1)12-9-5-2-6-10-12/h1-9H,(H,14,15);1-9,12H,10H2. The van der Waals surface area contributed by atoms with E-state index in [9.17, 15) is 0 Å². The molecule has 132 valence electrons. The summed E-state index contributed by atoms with van der Waals surface area (Å²) in [7, 11) is 0.